The molecule has 0 fully saturated rings. The maximum atomic E-state index is 12.8. The van der Waals surface area contributed by atoms with Crippen LogP contribution in [0.25, 0.3) is 11.8 Å². The number of carbonyl (C=O) groups is 2. The fourth-order valence-corrected chi connectivity index (χ4v) is 3.84. The molecule has 0 bridgehead atoms. The second-order valence-electron chi connectivity index (χ2n) is 7.74. The van der Waals surface area contributed by atoms with E-state index >= 15 is 0 Å². The number of aryl methyl sites for hydroxylation is 1. The Balaban J connectivity index is 1.43. The van der Waals surface area contributed by atoms with Crippen molar-refractivity contribution >= 4 is 17.8 Å². The molecule has 0 radical (unpaired) electrons. The second kappa shape index (κ2) is 9.74. The molecule has 0 spiro atoms. The van der Waals surface area contributed by atoms with Gasteiger partial charge in [-0.25, -0.2) is 4.79 Å². The number of rotatable bonds is 7. The van der Waals surface area contributed by atoms with Crippen LogP contribution in [0.2, 0.25) is 0 Å². The van der Waals surface area contributed by atoms with Crippen molar-refractivity contribution in [1.82, 2.24) is 4.57 Å². The molecular formula is C26H25NO7. The lowest BCUT2D eigenvalue weighted by Gasteiger charge is -2.20. The third-order valence-corrected chi connectivity index (χ3v) is 5.48. The predicted octanol–water partition coefficient (Wildman–Crippen LogP) is 4.02. The number of ketones is 1. The fraction of sp³-hybridized carbons (Fsp3) is 0.231. The highest BCUT2D eigenvalue weighted by molar-refractivity contribution is 6.00. The lowest BCUT2D eigenvalue weighted by Crippen LogP contribution is -2.16. The number of carbonyl (C=O) groups excluding carboxylic acids is 2. The first kappa shape index (κ1) is 23.0. The second-order valence-corrected chi connectivity index (χ2v) is 7.74. The number of benzene rings is 2. The summed E-state index contributed by atoms with van der Waals surface area (Å²) in [7, 11) is 1.44. The number of hydrogen-bond acceptors (Lipinski definition) is 7. The van der Waals surface area contributed by atoms with Crippen LogP contribution >= 0.6 is 0 Å². The number of nitrogens with zero attached hydrogens (tertiary/aromatic N) is 1. The standard InChI is InChI=1S/C26H25NO7/c1-16-12-20(17(2)27(16)19-6-8-23-25(14-19)33-11-10-32-23)22(29)15-34-26(30)9-5-18-4-7-21(28)24(13-18)31-3/h4-9,12-14,28H,10-11,15H2,1-3H3/b9-5+. The van der Waals surface area contributed by atoms with Crippen LogP contribution in [0.1, 0.15) is 27.3 Å². The van der Waals surface area contributed by atoms with E-state index in [-0.39, 0.29) is 18.1 Å². The third-order valence-electron chi connectivity index (χ3n) is 5.48. The molecule has 0 aliphatic carbocycles. The molecule has 8 nitrogen and oxygen atoms in total. The van der Waals surface area contributed by atoms with E-state index in [0.717, 1.165) is 17.1 Å². The summed E-state index contributed by atoms with van der Waals surface area (Å²) in [5.41, 5.74) is 3.57. The van der Waals surface area contributed by atoms with Gasteiger partial charge >= 0.3 is 5.97 Å². The summed E-state index contributed by atoms with van der Waals surface area (Å²) in [5, 5.41) is 9.64. The van der Waals surface area contributed by atoms with E-state index in [1.54, 1.807) is 18.2 Å². The molecule has 0 atom stereocenters. The van der Waals surface area contributed by atoms with Crippen LogP contribution in [0.5, 0.6) is 23.0 Å². The van der Waals surface area contributed by atoms with Crippen molar-refractivity contribution in [2.75, 3.05) is 26.9 Å². The van der Waals surface area contributed by atoms with Gasteiger partial charge in [0.15, 0.2) is 29.6 Å². The summed E-state index contributed by atoms with van der Waals surface area (Å²) in [6.07, 6.45) is 2.74. The van der Waals surface area contributed by atoms with E-state index in [0.29, 0.717) is 41.6 Å². The van der Waals surface area contributed by atoms with Crippen LogP contribution in [-0.2, 0) is 9.53 Å². The van der Waals surface area contributed by atoms with Crippen molar-refractivity contribution < 1.29 is 33.6 Å². The Kier molecular flexibility index (Phi) is 6.58. The number of esters is 1. The predicted molar refractivity (Wildman–Crippen MR) is 125 cm³/mol. The van der Waals surface area contributed by atoms with Gasteiger partial charge in [0.1, 0.15) is 13.2 Å². The summed E-state index contributed by atoms with van der Waals surface area (Å²) < 4.78 is 23.4. The first-order valence-electron chi connectivity index (χ1n) is 10.7. The van der Waals surface area contributed by atoms with E-state index < -0.39 is 5.97 Å². The maximum absolute atomic E-state index is 12.8. The van der Waals surface area contributed by atoms with Crippen LogP contribution in [0.3, 0.4) is 0 Å². The van der Waals surface area contributed by atoms with Crippen molar-refractivity contribution in [3.05, 3.63) is 71.1 Å². The molecule has 0 amide bonds. The zero-order valence-corrected chi connectivity index (χ0v) is 19.2. The molecule has 34 heavy (non-hydrogen) atoms. The van der Waals surface area contributed by atoms with Crippen LogP contribution in [0, 0.1) is 13.8 Å². The molecule has 8 heteroatoms. The molecule has 3 aromatic rings. The molecule has 0 unspecified atom stereocenters. The van der Waals surface area contributed by atoms with Crippen LogP contribution < -0.4 is 14.2 Å². The number of hydrogen-bond donors (Lipinski definition) is 1. The van der Waals surface area contributed by atoms with Crippen molar-refractivity contribution in [1.29, 1.82) is 0 Å². The van der Waals surface area contributed by atoms with Gasteiger partial charge in [0.25, 0.3) is 0 Å². The number of ether oxygens (including phenoxy) is 4. The molecule has 4 rings (SSSR count). The number of aromatic nitrogens is 1. The molecule has 1 aliphatic heterocycles. The minimum atomic E-state index is -0.652. The summed E-state index contributed by atoms with van der Waals surface area (Å²) >= 11 is 0. The molecule has 2 aromatic carbocycles. The molecule has 1 aliphatic rings. The number of phenolic OH excluding ortho intramolecular Hbond substituents is 1. The monoisotopic (exact) mass is 463 g/mol. The van der Waals surface area contributed by atoms with Gasteiger partial charge in [-0.3, -0.25) is 4.79 Å². The number of fused-ring (bicyclic) bond motifs is 1. The minimum absolute atomic E-state index is 0.00155. The van der Waals surface area contributed by atoms with Crippen molar-refractivity contribution in [3.63, 3.8) is 0 Å². The topological polar surface area (TPSA) is 96.2 Å². The van der Waals surface area contributed by atoms with E-state index in [2.05, 4.69) is 0 Å². The van der Waals surface area contributed by atoms with Crippen molar-refractivity contribution in [2.24, 2.45) is 0 Å². The van der Waals surface area contributed by atoms with Gasteiger partial charge < -0.3 is 28.6 Å². The van der Waals surface area contributed by atoms with Gasteiger partial charge in [0, 0.05) is 34.8 Å². The van der Waals surface area contributed by atoms with Gasteiger partial charge in [-0.2, -0.15) is 0 Å². The molecule has 1 aromatic heterocycles. The number of methoxy groups -OCH3 is 1. The normalized spacial score (nSPS) is 12.6. The zero-order chi connectivity index (χ0) is 24.2. The average molecular weight is 463 g/mol. The van der Waals surface area contributed by atoms with Crippen LogP contribution in [-0.4, -0.2) is 48.4 Å². The van der Waals surface area contributed by atoms with Crippen molar-refractivity contribution in [2.45, 2.75) is 13.8 Å². The highest BCUT2D eigenvalue weighted by atomic mass is 16.6. The van der Waals surface area contributed by atoms with Gasteiger partial charge in [0.05, 0.1) is 7.11 Å². The molecule has 0 saturated heterocycles. The SMILES string of the molecule is COc1cc(/C=C/C(=O)OCC(=O)c2cc(C)n(-c3ccc4c(c3)OCCO4)c2C)ccc1O. The Labute approximate surface area is 196 Å². The fourth-order valence-electron chi connectivity index (χ4n) is 3.84. The number of aromatic hydroxyl groups is 1. The highest BCUT2D eigenvalue weighted by Gasteiger charge is 2.19. The number of phenols is 1. The molecular weight excluding hydrogens is 438 g/mol. The Morgan fingerprint density at radius 2 is 1.82 bits per heavy atom. The Morgan fingerprint density at radius 3 is 2.59 bits per heavy atom. The average Bonchev–Trinajstić information content (AvgIpc) is 3.15. The Hall–Kier alpha value is -4.20. The zero-order valence-electron chi connectivity index (χ0n) is 19.2. The first-order valence-corrected chi connectivity index (χ1v) is 10.7. The third kappa shape index (κ3) is 4.76. The summed E-state index contributed by atoms with van der Waals surface area (Å²) in [6.45, 7) is 4.37. The Morgan fingerprint density at radius 1 is 1.06 bits per heavy atom. The Bertz CT molecular complexity index is 1270. The summed E-state index contributed by atoms with van der Waals surface area (Å²) in [5.74, 6) is 0.697. The lowest BCUT2D eigenvalue weighted by molar-refractivity contribution is -0.136. The quantitative estimate of drug-likeness (QED) is 0.321. The molecule has 1 N–H and O–H groups in total. The van der Waals surface area contributed by atoms with E-state index in [1.165, 1.54) is 25.3 Å². The molecule has 0 saturated carbocycles. The van der Waals surface area contributed by atoms with Gasteiger partial charge in [-0.1, -0.05) is 6.07 Å². The largest absolute Gasteiger partial charge is 0.504 e. The summed E-state index contributed by atoms with van der Waals surface area (Å²) in [6, 6.07) is 12.1. The van der Waals surface area contributed by atoms with Crippen LogP contribution in [0.4, 0.5) is 0 Å². The van der Waals surface area contributed by atoms with Crippen LogP contribution in [0.15, 0.2) is 48.5 Å². The highest BCUT2D eigenvalue weighted by Crippen LogP contribution is 2.33. The maximum Gasteiger partial charge on any atom is 0.331 e. The number of Topliss-reactive ketones (excluding diaryl/α,β-unsaturated/α-hetero) is 1. The van der Waals surface area contributed by atoms with E-state index in [1.807, 2.05) is 36.6 Å². The van der Waals surface area contributed by atoms with Crippen molar-refractivity contribution in [3.8, 4) is 28.7 Å². The van der Waals surface area contributed by atoms with Gasteiger partial charge in [-0.15, -0.1) is 0 Å². The first-order chi connectivity index (χ1) is 16.4. The smallest absolute Gasteiger partial charge is 0.331 e. The lowest BCUT2D eigenvalue weighted by atomic mass is 10.1. The van der Waals surface area contributed by atoms with Gasteiger partial charge in [0.2, 0.25) is 5.78 Å². The molecule has 2 heterocycles. The van der Waals surface area contributed by atoms with E-state index in [9.17, 15) is 14.7 Å². The van der Waals surface area contributed by atoms with Gasteiger partial charge in [-0.05, 0) is 55.8 Å². The minimum Gasteiger partial charge on any atom is -0.504 e. The summed E-state index contributed by atoms with van der Waals surface area (Å²) in [4.78, 5) is 24.9. The molecule has 176 valence electrons. The van der Waals surface area contributed by atoms with E-state index in [4.69, 9.17) is 18.9 Å².